The molecule has 0 saturated carbocycles. The van der Waals surface area contributed by atoms with Crippen LogP contribution in [-0.2, 0) is 9.47 Å². The number of benzene rings is 1. The Kier molecular flexibility index (Phi) is 2.87. The maximum absolute atomic E-state index is 11.1. The van der Waals surface area contributed by atoms with E-state index in [0.717, 1.165) is 5.75 Å². The van der Waals surface area contributed by atoms with Gasteiger partial charge in [0.25, 0.3) is 0 Å². The largest absolute Gasteiger partial charge is 0.486 e. The van der Waals surface area contributed by atoms with Crippen LogP contribution in [0, 0.1) is 0 Å². The second-order valence-electron chi connectivity index (χ2n) is 3.29. The van der Waals surface area contributed by atoms with Crippen molar-refractivity contribution in [2.75, 3.05) is 20.3 Å². The Morgan fingerprint density at radius 2 is 2.00 bits per heavy atom. The Balaban J connectivity index is 1.99. The van der Waals surface area contributed by atoms with Gasteiger partial charge >= 0.3 is 5.97 Å². The van der Waals surface area contributed by atoms with Gasteiger partial charge in [-0.05, 0) is 24.3 Å². The lowest BCUT2D eigenvalue weighted by Gasteiger charge is -2.26. The van der Waals surface area contributed by atoms with Gasteiger partial charge in [-0.15, -0.1) is 0 Å². The molecular formula is C11H12O4. The Bertz CT molecular complexity index is 340. The number of esters is 1. The van der Waals surface area contributed by atoms with E-state index in [2.05, 4.69) is 4.74 Å². The maximum Gasteiger partial charge on any atom is 0.337 e. The van der Waals surface area contributed by atoms with Crippen molar-refractivity contribution in [2.45, 2.75) is 6.10 Å². The van der Waals surface area contributed by atoms with Crippen molar-refractivity contribution in [1.29, 1.82) is 0 Å². The molecule has 0 radical (unpaired) electrons. The van der Waals surface area contributed by atoms with E-state index in [1.54, 1.807) is 24.3 Å². The van der Waals surface area contributed by atoms with Gasteiger partial charge in [-0.25, -0.2) is 4.79 Å². The van der Waals surface area contributed by atoms with Crippen molar-refractivity contribution in [3.8, 4) is 5.75 Å². The fourth-order valence-corrected chi connectivity index (χ4v) is 1.26. The summed E-state index contributed by atoms with van der Waals surface area (Å²) in [6.45, 7) is 1.28. The molecule has 1 aromatic carbocycles. The molecule has 1 saturated heterocycles. The van der Waals surface area contributed by atoms with Gasteiger partial charge in [0.2, 0.25) is 0 Å². The van der Waals surface area contributed by atoms with Crippen LogP contribution in [0.4, 0.5) is 0 Å². The zero-order valence-electron chi connectivity index (χ0n) is 8.43. The molecule has 0 unspecified atom stereocenters. The van der Waals surface area contributed by atoms with E-state index in [-0.39, 0.29) is 12.1 Å². The fraction of sp³-hybridized carbons (Fsp3) is 0.364. The van der Waals surface area contributed by atoms with Gasteiger partial charge in [-0.3, -0.25) is 0 Å². The zero-order valence-corrected chi connectivity index (χ0v) is 8.43. The van der Waals surface area contributed by atoms with Crippen molar-refractivity contribution in [3.63, 3.8) is 0 Å². The minimum Gasteiger partial charge on any atom is -0.486 e. The first kappa shape index (κ1) is 9.98. The van der Waals surface area contributed by atoms with Gasteiger partial charge in [-0.1, -0.05) is 0 Å². The SMILES string of the molecule is COC(=O)c1ccc(OC2COC2)cc1. The second-order valence-corrected chi connectivity index (χ2v) is 3.29. The molecule has 0 atom stereocenters. The molecule has 80 valence electrons. The van der Waals surface area contributed by atoms with E-state index in [0.29, 0.717) is 18.8 Å². The summed E-state index contributed by atoms with van der Waals surface area (Å²) < 4.78 is 15.1. The van der Waals surface area contributed by atoms with Gasteiger partial charge in [0, 0.05) is 0 Å². The first-order valence-corrected chi connectivity index (χ1v) is 4.72. The summed E-state index contributed by atoms with van der Waals surface area (Å²) in [4.78, 5) is 11.1. The molecule has 0 N–H and O–H groups in total. The number of ether oxygens (including phenoxy) is 3. The highest BCUT2D eigenvalue weighted by Crippen LogP contribution is 2.17. The molecule has 2 rings (SSSR count). The van der Waals surface area contributed by atoms with E-state index < -0.39 is 0 Å². The van der Waals surface area contributed by atoms with Crippen molar-refractivity contribution >= 4 is 5.97 Å². The molecule has 1 fully saturated rings. The Morgan fingerprint density at radius 3 is 2.47 bits per heavy atom. The zero-order chi connectivity index (χ0) is 10.7. The standard InChI is InChI=1S/C11H12O4/c1-13-11(12)8-2-4-9(5-3-8)15-10-6-14-7-10/h2-5,10H,6-7H2,1H3. The summed E-state index contributed by atoms with van der Waals surface area (Å²) in [5, 5.41) is 0. The molecule has 1 aliphatic rings. The molecule has 1 aromatic rings. The van der Waals surface area contributed by atoms with E-state index in [4.69, 9.17) is 9.47 Å². The first-order chi connectivity index (χ1) is 7.29. The third-order valence-corrected chi connectivity index (χ3v) is 2.19. The Hall–Kier alpha value is -1.55. The molecule has 0 amide bonds. The van der Waals surface area contributed by atoms with Crippen LogP contribution in [0.3, 0.4) is 0 Å². The molecule has 0 bridgehead atoms. The highest BCUT2D eigenvalue weighted by atomic mass is 16.6. The topological polar surface area (TPSA) is 44.8 Å². The van der Waals surface area contributed by atoms with Crippen molar-refractivity contribution in [1.82, 2.24) is 0 Å². The van der Waals surface area contributed by atoms with Crippen molar-refractivity contribution in [3.05, 3.63) is 29.8 Å². The summed E-state index contributed by atoms with van der Waals surface area (Å²) in [5.41, 5.74) is 0.523. The van der Waals surface area contributed by atoms with Crippen LogP contribution >= 0.6 is 0 Å². The maximum atomic E-state index is 11.1. The number of hydrogen-bond donors (Lipinski definition) is 0. The molecule has 1 aliphatic heterocycles. The third kappa shape index (κ3) is 2.27. The summed E-state index contributed by atoms with van der Waals surface area (Å²) >= 11 is 0. The summed E-state index contributed by atoms with van der Waals surface area (Å²) in [6.07, 6.45) is 0.147. The van der Waals surface area contributed by atoms with E-state index in [1.807, 2.05) is 0 Å². The molecule has 4 heteroatoms. The van der Waals surface area contributed by atoms with Crippen LogP contribution in [0.1, 0.15) is 10.4 Å². The Labute approximate surface area is 87.8 Å². The van der Waals surface area contributed by atoms with Crippen LogP contribution in [0.15, 0.2) is 24.3 Å². The molecular weight excluding hydrogens is 196 g/mol. The molecule has 1 heterocycles. The predicted octanol–water partition coefficient (Wildman–Crippen LogP) is 1.25. The summed E-state index contributed by atoms with van der Waals surface area (Å²) in [7, 11) is 1.36. The van der Waals surface area contributed by atoms with E-state index in [9.17, 15) is 4.79 Å². The molecule has 0 aliphatic carbocycles. The second kappa shape index (κ2) is 4.31. The minimum absolute atomic E-state index is 0.147. The highest BCUT2D eigenvalue weighted by molar-refractivity contribution is 5.89. The number of carbonyl (C=O) groups is 1. The lowest BCUT2D eigenvalue weighted by Crippen LogP contribution is -2.38. The molecule has 4 nitrogen and oxygen atoms in total. The Morgan fingerprint density at radius 1 is 1.33 bits per heavy atom. The average molecular weight is 208 g/mol. The minimum atomic E-state index is -0.339. The molecule has 15 heavy (non-hydrogen) atoms. The monoisotopic (exact) mass is 208 g/mol. The van der Waals surface area contributed by atoms with Gasteiger partial charge < -0.3 is 14.2 Å². The summed E-state index contributed by atoms with van der Waals surface area (Å²) in [6, 6.07) is 6.87. The van der Waals surface area contributed by atoms with Crippen LogP contribution in [0.25, 0.3) is 0 Å². The number of methoxy groups -OCH3 is 1. The quantitative estimate of drug-likeness (QED) is 0.701. The van der Waals surface area contributed by atoms with E-state index >= 15 is 0 Å². The van der Waals surface area contributed by atoms with Crippen LogP contribution < -0.4 is 4.74 Å². The van der Waals surface area contributed by atoms with Gasteiger partial charge in [-0.2, -0.15) is 0 Å². The van der Waals surface area contributed by atoms with Crippen LogP contribution in [-0.4, -0.2) is 32.4 Å². The van der Waals surface area contributed by atoms with Crippen molar-refractivity contribution < 1.29 is 19.0 Å². The number of rotatable bonds is 3. The number of hydrogen-bond acceptors (Lipinski definition) is 4. The van der Waals surface area contributed by atoms with Crippen molar-refractivity contribution in [2.24, 2.45) is 0 Å². The first-order valence-electron chi connectivity index (χ1n) is 4.72. The number of carbonyl (C=O) groups excluding carboxylic acids is 1. The van der Waals surface area contributed by atoms with E-state index in [1.165, 1.54) is 7.11 Å². The molecule has 0 spiro atoms. The average Bonchev–Trinajstić information content (AvgIpc) is 2.23. The van der Waals surface area contributed by atoms with Gasteiger partial charge in [0.15, 0.2) is 0 Å². The van der Waals surface area contributed by atoms with Gasteiger partial charge in [0.05, 0.1) is 25.9 Å². The summed E-state index contributed by atoms with van der Waals surface area (Å²) in [5.74, 6) is 0.407. The predicted molar refractivity (Wildman–Crippen MR) is 53.0 cm³/mol. The normalized spacial score (nSPS) is 15.5. The fourth-order valence-electron chi connectivity index (χ4n) is 1.26. The highest BCUT2D eigenvalue weighted by Gasteiger charge is 2.19. The van der Waals surface area contributed by atoms with Crippen LogP contribution in [0.2, 0.25) is 0 Å². The van der Waals surface area contributed by atoms with Crippen LogP contribution in [0.5, 0.6) is 5.75 Å². The molecule has 0 aromatic heterocycles. The lowest BCUT2D eigenvalue weighted by molar-refractivity contribution is -0.0796. The lowest BCUT2D eigenvalue weighted by atomic mass is 10.2. The van der Waals surface area contributed by atoms with Gasteiger partial charge in [0.1, 0.15) is 11.9 Å². The third-order valence-electron chi connectivity index (χ3n) is 2.19. The smallest absolute Gasteiger partial charge is 0.337 e.